The fourth-order valence-electron chi connectivity index (χ4n) is 1.60. The average Bonchev–Trinajstić information content (AvgIpc) is 2.03. The summed E-state index contributed by atoms with van der Waals surface area (Å²) in [5.41, 5.74) is 0. The number of hydrogen-bond donors (Lipinski definition) is 0. The Bertz CT molecular complexity index is 88.2. The van der Waals surface area contributed by atoms with E-state index < -0.39 is 0 Å². The monoisotopic (exact) mass is 154 g/mol. The van der Waals surface area contributed by atoms with Crippen molar-refractivity contribution in [2.75, 3.05) is 0 Å². The number of hydrogen-bond acceptors (Lipinski definition) is 0. The average molecular weight is 154 g/mol. The fourth-order valence-corrected chi connectivity index (χ4v) is 1.60. The molecule has 0 N–H and O–H groups in total. The molecule has 0 heterocycles. The molecule has 0 radical (unpaired) electrons. The Morgan fingerprint density at radius 2 is 1.64 bits per heavy atom. The van der Waals surface area contributed by atoms with Gasteiger partial charge in [-0.05, 0) is 11.8 Å². The molecule has 0 saturated carbocycles. The molecule has 0 aromatic carbocycles. The van der Waals surface area contributed by atoms with Crippen LogP contribution in [0.5, 0.6) is 0 Å². The minimum Gasteiger partial charge on any atom is -0.103 e. The first-order valence-electron chi connectivity index (χ1n) is 4.88. The quantitative estimate of drug-likeness (QED) is 0.507. The maximum absolute atomic E-state index is 3.85. The van der Waals surface area contributed by atoms with Gasteiger partial charge in [-0.2, -0.15) is 0 Å². The molecular weight excluding hydrogens is 132 g/mol. The van der Waals surface area contributed by atoms with E-state index in [0.29, 0.717) is 5.92 Å². The molecule has 11 heavy (non-hydrogen) atoms. The molecule has 0 fully saturated rings. The third-order valence-corrected chi connectivity index (χ3v) is 2.43. The van der Waals surface area contributed by atoms with Crippen molar-refractivity contribution in [3.8, 4) is 0 Å². The Kier molecular flexibility index (Phi) is 6.30. The van der Waals surface area contributed by atoms with Crippen molar-refractivity contribution in [3.05, 3.63) is 12.7 Å². The van der Waals surface area contributed by atoms with Gasteiger partial charge >= 0.3 is 0 Å². The van der Waals surface area contributed by atoms with Crippen LogP contribution >= 0.6 is 0 Å². The van der Waals surface area contributed by atoms with Gasteiger partial charge in [0.1, 0.15) is 0 Å². The van der Waals surface area contributed by atoms with Crippen molar-refractivity contribution in [3.63, 3.8) is 0 Å². The number of rotatable bonds is 6. The summed E-state index contributed by atoms with van der Waals surface area (Å²) in [4.78, 5) is 0. The van der Waals surface area contributed by atoms with E-state index >= 15 is 0 Å². The molecule has 0 saturated heterocycles. The fraction of sp³-hybridized carbons (Fsp3) is 0.818. The maximum atomic E-state index is 3.85. The Balaban J connectivity index is 3.75. The maximum Gasteiger partial charge on any atom is -0.0236 e. The van der Waals surface area contributed by atoms with Gasteiger partial charge in [0.2, 0.25) is 0 Å². The largest absolute Gasteiger partial charge is 0.103 e. The summed E-state index contributed by atoms with van der Waals surface area (Å²) in [6, 6.07) is 0. The third kappa shape index (κ3) is 4.23. The Morgan fingerprint density at radius 3 is 1.91 bits per heavy atom. The Hall–Kier alpha value is -0.260. The molecular formula is C11H22. The highest BCUT2D eigenvalue weighted by Crippen LogP contribution is 2.23. The van der Waals surface area contributed by atoms with Crippen molar-refractivity contribution in [2.45, 2.75) is 46.5 Å². The first-order valence-corrected chi connectivity index (χ1v) is 4.88. The lowest BCUT2D eigenvalue weighted by molar-refractivity contribution is 0.359. The third-order valence-electron chi connectivity index (χ3n) is 2.43. The van der Waals surface area contributed by atoms with E-state index in [1.54, 1.807) is 0 Å². The minimum atomic E-state index is 0.704. The zero-order chi connectivity index (χ0) is 8.69. The van der Waals surface area contributed by atoms with E-state index in [-0.39, 0.29) is 0 Å². The summed E-state index contributed by atoms with van der Waals surface area (Å²) in [6.07, 6.45) is 7.43. The molecule has 0 aromatic heterocycles. The van der Waals surface area contributed by atoms with Gasteiger partial charge in [0.15, 0.2) is 0 Å². The van der Waals surface area contributed by atoms with Gasteiger partial charge in [-0.15, -0.1) is 6.58 Å². The first-order chi connectivity index (χ1) is 5.26. The van der Waals surface area contributed by atoms with E-state index in [2.05, 4.69) is 33.4 Å². The Labute approximate surface area is 71.7 Å². The minimum absolute atomic E-state index is 0.704. The Morgan fingerprint density at radius 1 is 1.18 bits per heavy atom. The zero-order valence-corrected chi connectivity index (χ0v) is 8.27. The summed E-state index contributed by atoms with van der Waals surface area (Å²) in [5.74, 6) is 1.58. The van der Waals surface area contributed by atoms with Crippen molar-refractivity contribution < 1.29 is 0 Å². The van der Waals surface area contributed by atoms with E-state index in [1.807, 2.05) is 0 Å². The molecule has 1 unspecified atom stereocenters. The van der Waals surface area contributed by atoms with Crippen LogP contribution in [0.2, 0.25) is 0 Å². The molecule has 0 nitrogen and oxygen atoms in total. The molecule has 0 spiro atoms. The van der Waals surface area contributed by atoms with E-state index in [1.165, 1.54) is 25.7 Å². The normalized spacial score (nSPS) is 13.5. The predicted molar refractivity (Wildman–Crippen MR) is 52.7 cm³/mol. The van der Waals surface area contributed by atoms with Gasteiger partial charge < -0.3 is 0 Å². The topological polar surface area (TPSA) is 0 Å². The summed E-state index contributed by atoms with van der Waals surface area (Å²) in [6.45, 7) is 10.7. The van der Waals surface area contributed by atoms with Crippen LogP contribution in [0.4, 0.5) is 0 Å². The van der Waals surface area contributed by atoms with Crippen molar-refractivity contribution in [1.82, 2.24) is 0 Å². The molecule has 0 aliphatic rings. The highest BCUT2D eigenvalue weighted by Gasteiger charge is 2.11. The second-order valence-corrected chi connectivity index (χ2v) is 3.43. The van der Waals surface area contributed by atoms with Gasteiger partial charge in [-0.1, -0.05) is 52.5 Å². The zero-order valence-electron chi connectivity index (χ0n) is 8.27. The summed E-state index contributed by atoms with van der Waals surface area (Å²) in [5, 5.41) is 0. The molecule has 0 heteroatoms. The van der Waals surface area contributed by atoms with Crippen molar-refractivity contribution in [2.24, 2.45) is 11.8 Å². The lowest BCUT2D eigenvalue weighted by Crippen LogP contribution is -2.08. The van der Waals surface area contributed by atoms with Crippen LogP contribution in [0.25, 0.3) is 0 Å². The van der Waals surface area contributed by atoms with Crippen LogP contribution in [0, 0.1) is 11.8 Å². The second kappa shape index (κ2) is 6.45. The molecule has 1 atom stereocenters. The molecule has 0 aliphatic carbocycles. The van der Waals surface area contributed by atoms with Crippen LogP contribution in [0.15, 0.2) is 12.7 Å². The molecule has 0 aliphatic heterocycles. The predicted octanol–water partition coefficient (Wildman–Crippen LogP) is 4.02. The van der Waals surface area contributed by atoms with E-state index in [9.17, 15) is 0 Å². The summed E-state index contributed by atoms with van der Waals surface area (Å²) < 4.78 is 0. The lowest BCUT2D eigenvalue weighted by atomic mass is 9.86. The van der Waals surface area contributed by atoms with Crippen LogP contribution in [0.3, 0.4) is 0 Å². The molecule has 66 valence electrons. The molecule has 0 rings (SSSR count). The van der Waals surface area contributed by atoms with Crippen LogP contribution in [-0.2, 0) is 0 Å². The van der Waals surface area contributed by atoms with E-state index in [4.69, 9.17) is 0 Å². The van der Waals surface area contributed by atoms with E-state index in [0.717, 1.165) is 5.92 Å². The molecule has 0 bridgehead atoms. The first kappa shape index (κ1) is 10.7. The summed E-state index contributed by atoms with van der Waals surface area (Å²) >= 11 is 0. The number of allylic oxidation sites excluding steroid dienone is 1. The standard InChI is InChI=1S/C11H22/c1-5-8-11(9-6-2)10(4)7-3/h7,10-11H,3,5-6,8-9H2,1-2,4H3. The highest BCUT2D eigenvalue weighted by molar-refractivity contribution is 4.80. The van der Waals surface area contributed by atoms with Gasteiger partial charge in [0.25, 0.3) is 0 Å². The second-order valence-electron chi connectivity index (χ2n) is 3.43. The smallest absolute Gasteiger partial charge is 0.0236 e. The SMILES string of the molecule is C=CC(C)C(CCC)CCC. The summed E-state index contributed by atoms with van der Waals surface area (Å²) in [7, 11) is 0. The van der Waals surface area contributed by atoms with Gasteiger partial charge in [0.05, 0.1) is 0 Å². The molecule has 0 amide bonds. The van der Waals surface area contributed by atoms with Crippen molar-refractivity contribution in [1.29, 1.82) is 0 Å². The highest BCUT2D eigenvalue weighted by atomic mass is 14.2. The van der Waals surface area contributed by atoms with Crippen LogP contribution < -0.4 is 0 Å². The lowest BCUT2D eigenvalue weighted by Gasteiger charge is -2.19. The van der Waals surface area contributed by atoms with Gasteiger partial charge in [-0.3, -0.25) is 0 Å². The van der Waals surface area contributed by atoms with Gasteiger partial charge in [-0.25, -0.2) is 0 Å². The van der Waals surface area contributed by atoms with Crippen LogP contribution in [0.1, 0.15) is 46.5 Å². The van der Waals surface area contributed by atoms with Gasteiger partial charge in [0, 0.05) is 0 Å². The molecule has 0 aromatic rings. The van der Waals surface area contributed by atoms with Crippen molar-refractivity contribution >= 4 is 0 Å². The van der Waals surface area contributed by atoms with Crippen LogP contribution in [-0.4, -0.2) is 0 Å².